The molecule has 4 rings (SSSR count). The zero-order valence-corrected chi connectivity index (χ0v) is 18.7. The predicted octanol–water partition coefficient (Wildman–Crippen LogP) is 3.57. The molecule has 1 atom stereocenters. The van der Waals surface area contributed by atoms with E-state index in [4.69, 9.17) is 4.74 Å². The number of carbonyl (C=O) groups is 1. The van der Waals surface area contributed by atoms with Crippen molar-refractivity contribution in [2.75, 3.05) is 33.3 Å². The number of aliphatic hydroxyl groups is 1. The average molecular weight is 415 g/mol. The fourth-order valence-electron chi connectivity index (χ4n) is 5.84. The van der Waals surface area contributed by atoms with Crippen LogP contribution in [0.2, 0.25) is 0 Å². The zero-order valence-electron chi connectivity index (χ0n) is 18.7. The summed E-state index contributed by atoms with van der Waals surface area (Å²) < 4.78 is 6.27. The largest absolute Gasteiger partial charge is 0.389 e. The van der Waals surface area contributed by atoms with Crippen LogP contribution in [-0.2, 0) is 9.53 Å². The molecule has 0 bridgehead atoms. The highest BCUT2D eigenvalue weighted by molar-refractivity contribution is 5.73. The maximum Gasteiger partial charge on any atom is 0.219 e. The average Bonchev–Trinajstić information content (AvgIpc) is 2.76. The topological polar surface area (TPSA) is 53.0 Å². The number of hydrogen-bond donors (Lipinski definition) is 1. The summed E-state index contributed by atoms with van der Waals surface area (Å²) >= 11 is 0. The van der Waals surface area contributed by atoms with Crippen LogP contribution in [0.4, 0.5) is 0 Å². The van der Waals surface area contributed by atoms with Gasteiger partial charge in [-0.05, 0) is 62.8 Å². The molecule has 1 N–H and O–H groups in total. The summed E-state index contributed by atoms with van der Waals surface area (Å²) in [6, 6.07) is 11.0. The molecule has 30 heavy (non-hydrogen) atoms. The van der Waals surface area contributed by atoms with Gasteiger partial charge in [0.2, 0.25) is 5.91 Å². The molecule has 0 aromatic heterocycles. The summed E-state index contributed by atoms with van der Waals surface area (Å²) in [6.45, 7) is 5.12. The van der Waals surface area contributed by atoms with Crippen LogP contribution in [0.3, 0.4) is 0 Å². The van der Waals surface area contributed by atoms with Gasteiger partial charge in [0, 0.05) is 46.3 Å². The van der Waals surface area contributed by atoms with Crippen molar-refractivity contribution in [3.63, 3.8) is 0 Å². The van der Waals surface area contributed by atoms with Gasteiger partial charge >= 0.3 is 0 Å². The summed E-state index contributed by atoms with van der Waals surface area (Å²) in [4.78, 5) is 16.1. The minimum Gasteiger partial charge on any atom is -0.389 e. The number of amides is 1. The lowest BCUT2D eigenvalue weighted by atomic mass is 9.75. The van der Waals surface area contributed by atoms with E-state index in [2.05, 4.69) is 35.2 Å². The van der Waals surface area contributed by atoms with Crippen molar-refractivity contribution < 1.29 is 14.6 Å². The molecule has 1 aromatic rings. The number of β-amino-alcohol motifs (C(OH)–C–C–N with tert-alkyl or cyclic N) is 1. The molecule has 0 unspecified atom stereocenters. The molecule has 2 aliphatic heterocycles. The van der Waals surface area contributed by atoms with Crippen LogP contribution in [0.1, 0.15) is 69.8 Å². The van der Waals surface area contributed by atoms with E-state index < -0.39 is 5.60 Å². The van der Waals surface area contributed by atoms with E-state index in [1.807, 2.05) is 11.9 Å². The number of ether oxygens (including phenoxy) is 1. The van der Waals surface area contributed by atoms with Crippen molar-refractivity contribution >= 4 is 5.91 Å². The van der Waals surface area contributed by atoms with Crippen LogP contribution in [0, 0.1) is 0 Å². The van der Waals surface area contributed by atoms with Crippen LogP contribution in [0.25, 0.3) is 0 Å². The van der Waals surface area contributed by atoms with Gasteiger partial charge < -0.3 is 19.6 Å². The van der Waals surface area contributed by atoms with Gasteiger partial charge in [0.05, 0.1) is 11.2 Å². The maximum atomic E-state index is 11.8. The minimum absolute atomic E-state index is 0.0866. The molecule has 5 nitrogen and oxygen atoms in total. The molecular formula is C25H38N2O3. The number of rotatable bonds is 4. The fraction of sp³-hybridized carbons (Fsp3) is 0.720. The van der Waals surface area contributed by atoms with Gasteiger partial charge in [-0.25, -0.2) is 0 Å². The first-order chi connectivity index (χ1) is 14.4. The van der Waals surface area contributed by atoms with Gasteiger partial charge in [0.15, 0.2) is 0 Å². The van der Waals surface area contributed by atoms with Crippen molar-refractivity contribution in [1.29, 1.82) is 0 Å². The quantitative estimate of drug-likeness (QED) is 0.818. The van der Waals surface area contributed by atoms with Crippen molar-refractivity contribution in [3.05, 3.63) is 35.9 Å². The molecule has 3 fully saturated rings. The Morgan fingerprint density at radius 3 is 2.43 bits per heavy atom. The van der Waals surface area contributed by atoms with Gasteiger partial charge in [-0.1, -0.05) is 30.3 Å². The minimum atomic E-state index is -0.555. The molecule has 166 valence electrons. The van der Waals surface area contributed by atoms with E-state index in [-0.39, 0.29) is 11.5 Å². The van der Waals surface area contributed by atoms with Gasteiger partial charge in [-0.15, -0.1) is 0 Å². The van der Waals surface area contributed by atoms with Crippen LogP contribution in [0.5, 0.6) is 0 Å². The smallest absolute Gasteiger partial charge is 0.219 e. The number of hydrogen-bond acceptors (Lipinski definition) is 4. The third-order valence-corrected chi connectivity index (χ3v) is 7.98. The molecule has 1 amide bonds. The Hall–Kier alpha value is -1.43. The first kappa shape index (κ1) is 21.8. The monoisotopic (exact) mass is 414 g/mol. The predicted molar refractivity (Wildman–Crippen MR) is 118 cm³/mol. The third-order valence-electron chi connectivity index (χ3n) is 7.98. The highest BCUT2D eigenvalue weighted by Crippen LogP contribution is 2.40. The van der Waals surface area contributed by atoms with Crippen molar-refractivity contribution in [3.8, 4) is 0 Å². The number of carbonyl (C=O) groups excluding carboxylic acids is 1. The Kier molecular flexibility index (Phi) is 6.52. The van der Waals surface area contributed by atoms with Gasteiger partial charge in [0.25, 0.3) is 0 Å². The van der Waals surface area contributed by atoms with E-state index >= 15 is 0 Å². The van der Waals surface area contributed by atoms with E-state index in [0.29, 0.717) is 12.0 Å². The Morgan fingerprint density at radius 2 is 1.80 bits per heavy atom. The maximum absolute atomic E-state index is 11.8. The normalized spacial score (nSPS) is 32.1. The molecule has 1 spiro atoms. The zero-order chi connectivity index (χ0) is 21.2. The first-order valence-electron chi connectivity index (χ1n) is 11.8. The SMILES string of the molecule is CC(=O)N(C)[C@H]1CCOC2(CCN(CC3(O)CCC(c4ccccc4)CC3)CC2)C1. The van der Waals surface area contributed by atoms with Crippen molar-refractivity contribution in [1.82, 2.24) is 9.80 Å². The van der Waals surface area contributed by atoms with Crippen molar-refractivity contribution in [2.24, 2.45) is 0 Å². The lowest BCUT2D eigenvalue weighted by Gasteiger charge is -2.49. The fourth-order valence-corrected chi connectivity index (χ4v) is 5.84. The Labute approximate surface area is 181 Å². The number of piperidine rings is 1. The van der Waals surface area contributed by atoms with Gasteiger partial charge in [-0.3, -0.25) is 4.79 Å². The molecule has 5 heteroatoms. The lowest BCUT2D eigenvalue weighted by molar-refractivity contribution is -0.149. The Bertz CT molecular complexity index is 706. The first-order valence-corrected chi connectivity index (χ1v) is 11.8. The molecule has 0 radical (unpaired) electrons. The summed E-state index contributed by atoms with van der Waals surface area (Å²) in [5, 5.41) is 11.2. The van der Waals surface area contributed by atoms with Crippen LogP contribution < -0.4 is 0 Å². The van der Waals surface area contributed by atoms with E-state index in [1.165, 1.54) is 5.56 Å². The van der Waals surface area contributed by atoms with E-state index in [9.17, 15) is 9.90 Å². The van der Waals surface area contributed by atoms with Crippen LogP contribution in [-0.4, -0.2) is 71.3 Å². The number of likely N-dealkylation sites (tertiary alicyclic amines) is 1. The molecule has 2 heterocycles. The van der Waals surface area contributed by atoms with E-state index in [0.717, 1.165) is 77.6 Å². The molecule has 2 saturated heterocycles. The number of nitrogens with zero attached hydrogens (tertiary/aromatic N) is 2. The van der Waals surface area contributed by atoms with Crippen molar-refractivity contribution in [2.45, 2.75) is 81.5 Å². The number of benzene rings is 1. The van der Waals surface area contributed by atoms with Crippen LogP contribution in [0.15, 0.2) is 30.3 Å². The third kappa shape index (κ3) is 4.90. The standard InChI is InChI=1S/C25H38N2O3/c1-20(28)26(2)23-10-17-30-25(18-23)13-15-27(16-14-25)19-24(29)11-8-22(9-12-24)21-6-4-3-5-7-21/h3-7,22-23,29H,8-19H2,1-2H3/t22?,23-,24?/m0/s1. The summed E-state index contributed by atoms with van der Waals surface area (Å²) in [5.41, 5.74) is 0.774. The summed E-state index contributed by atoms with van der Waals surface area (Å²) in [5.74, 6) is 0.727. The second-order valence-electron chi connectivity index (χ2n) is 9.99. The van der Waals surface area contributed by atoms with Gasteiger partial charge in [-0.2, -0.15) is 0 Å². The van der Waals surface area contributed by atoms with E-state index in [1.54, 1.807) is 6.92 Å². The molecule has 1 saturated carbocycles. The second-order valence-corrected chi connectivity index (χ2v) is 9.99. The summed E-state index contributed by atoms with van der Waals surface area (Å²) in [7, 11) is 1.92. The highest BCUT2D eigenvalue weighted by atomic mass is 16.5. The lowest BCUT2D eigenvalue weighted by Crippen LogP contribution is -2.55. The molecule has 1 aromatic carbocycles. The highest BCUT2D eigenvalue weighted by Gasteiger charge is 2.43. The van der Waals surface area contributed by atoms with Crippen LogP contribution >= 0.6 is 0 Å². The Morgan fingerprint density at radius 1 is 1.13 bits per heavy atom. The second kappa shape index (κ2) is 8.97. The Balaban J connectivity index is 1.27. The molecule has 1 aliphatic carbocycles. The summed E-state index contributed by atoms with van der Waals surface area (Å²) in [6.07, 6.45) is 7.78. The molecule has 3 aliphatic rings. The molecular weight excluding hydrogens is 376 g/mol. The van der Waals surface area contributed by atoms with Gasteiger partial charge in [0.1, 0.15) is 0 Å².